The first-order valence-electron chi connectivity index (χ1n) is 10.1. The number of benzene rings is 1. The van der Waals surface area contributed by atoms with Gasteiger partial charge >= 0.3 is 0 Å². The lowest BCUT2D eigenvalue weighted by Crippen LogP contribution is -2.29. The first kappa shape index (κ1) is 25.8. The van der Waals surface area contributed by atoms with Gasteiger partial charge < -0.3 is 16.3 Å². The van der Waals surface area contributed by atoms with Crippen molar-refractivity contribution in [3.63, 3.8) is 0 Å². The van der Waals surface area contributed by atoms with Crippen LogP contribution in [-0.2, 0) is 11.3 Å². The lowest BCUT2D eigenvalue weighted by Gasteiger charge is -2.21. The van der Waals surface area contributed by atoms with Crippen LogP contribution in [0.25, 0.3) is 10.4 Å². The number of nitrogens with zero attached hydrogens (tertiary/aromatic N) is 1. The molecule has 0 saturated heterocycles. The Balaban J connectivity index is 0.000000989. The van der Waals surface area contributed by atoms with Crippen LogP contribution in [0.5, 0.6) is 0 Å². The number of carbonyl (C=O) groups is 1. The average molecular weight is 437 g/mol. The van der Waals surface area contributed by atoms with Crippen LogP contribution in [-0.4, -0.2) is 24.4 Å². The number of carbonyl (C=O) groups excluding carboxylic acids is 1. The van der Waals surface area contributed by atoms with Crippen molar-refractivity contribution in [2.75, 3.05) is 7.05 Å². The summed E-state index contributed by atoms with van der Waals surface area (Å²) in [6, 6.07) is 6.54. The maximum Gasteiger partial charge on any atom is 0.106 e. The maximum atomic E-state index is 8.00. The van der Waals surface area contributed by atoms with Crippen molar-refractivity contribution < 1.29 is 4.79 Å². The average Bonchev–Trinajstić information content (AvgIpc) is 3.25. The molecule has 7 heteroatoms. The van der Waals surface area contributed by atoms with Crippen molar-refractivity contribution in [3.8, 4) is 10.4 Å². The molecule has 1 aromatic heterocycles. The van der Waals surface area contributed by atoms with Gasteiger partial charge in [0.15, 0.2) is 0 Å². The summed E-state index contributed by atoms with van der Waals surface area (Å²) >= 11 is 3.57. The zero-order valence-corrected chi connectivity index (χ0v) is 19.8. The second-order valence-electron chi connectivity index (χ2n) is 7.89. The minimum atomic E-state index is 0.0572. The van der Waals surface area contributed by atoms with E-state index in [9.17, 15) is 0 Å². The van der Waals surface area contributed by atoms with E-state index in [1.165, 1.54) is 65.1 Å². The Morgan fingerprint density at radius 3 is 2.45 bits per heavy atom. The number of nitrogens with two attached hydrogens (primary N) is 2. The highest BCUT2D eigenvalue weighted by atomic mass is 32.2. The van der Waals surface area contributed by atoms with Gasteiger partial charge in [-0.05, 0) is 64.2 Å². The quantitative estimate of drug-likeness (QED) is 0.564. The van der Waals surface area contributed by atoms with Crippen LogP contribution in [0.2, 0.25) is 0 Å². The largest absolute Gasteiger partial charge is 0.333 e. The Kier molecular flexibility index (Phi) is 11.7. The van der Waals surface area contributed by atoms with Gasteiger partial charge in [-0.2, -0.15) is 0 Å². The summed E-state index contributed by atoms with van der Waals surface area (Å²) in [6.07, 6.45) is 8.74. The summed E-state index contributed by atoms with van der Waals surface area (Å²) in [5.41, 5.74) is 12.8. The number of nitrogens with one attached hydrogen (secondary N) is 1. The molecule has 1 aliphatic carbocycles. The van der Waals surface area contributed by atoms with E-state index < -0.39 is 0 Å². The molecule has 5 N–H and O–H groups in total. The van der Waals surface area contributed by atoms with Crippen LogP contribution in [0.15, 0.2) is 29.3 Å². The lowest BCUT2D eigenvalue weighted by atomic mass is 9.90. The van der Waals surface area contributed by atoms with E-state index in [2.05, 4.69) is 55.6 Å². The number of hydrogen-bond donors (Lipinski definition) is 3. The third kappa shape index (κ3) is 8.18. The molecular formula is C22H36N4OS2. The van der Waals surface area contributed by atoms with E-state index in [0.717, 1.165) is 0 Å². The Hall–Kier alpha value is -1.25. The van der Waals surface area contributed by atoms with Crippen LogP contribution in [0, 0.1) is 0 Å². The van der Waals surface area contributed by atoms with Gasteiger partial charge in [0.05, 0.1) is 9.88 Å². The van der Waals surface area contributed by atoms with E-state index in [4.69, 9.17) is 15.5 Å². The molecule has 0 aliphatic heterocycles. The van der Waals surface area contributed by atoms with Crippen molar-refractivity contribution in [2.24, 2.45) is 11.5 Å². The lowest BCUT2D eigenvalue weighted by molar-refractivity contribution is -0.0979. The highest BCUT2D eigenvalue weighted by Gasteiger charge is 2.20. The van der Waals surface area contributed by atoms with Gasteiger partial charge in [0.1, 0.15) is 6.79 Å². The van der Waals surface area contributed by atoms with Gasteiger partial charge in [-0.15, -0.1) is 11.3 Å². The van der Waals surface area contributed by atoms with Gasteiger partial charge in [-0.25, -0.2) is 4.98 Å². The molecule has 3 rings (SSSR count). The van der Waals surface area contributed by atoms with Crippen molar-refractivity contribution in [1.82, 2.24) is 9.71 Å². The molecule has 0 unspecified atom stereocenters. The molecular weight excluding hydrogens is 400 g/mol. The summed E-state index contributed by atoms with van der Waals surface area (Å²) in [6.45, 7) is 9.11. The van der Waals surface area contributed by atoms with Gasteiger partial charge in [0.2, 0.25) is 0 Å². The fourth-order valence-electron chi connectivity index (χ4n) is 3.14. The zero-order chi connectivity index (χ0) is 21.9. The van der Waals surface area contributed by atoms with Crippen molar-refractivity contribution >= 4 is 30.1 Å². The molecule has 0 spiro atoms. The number of hydrogen-bond acceptors (Lipinski definition) is 7. The summed E-state index contributed by atoms with van der Waals surface area (Å²) in [7, 11) is 1.50. The molecule has 1 fully saturated rings. The summed E-state index contributed by atoms with van der Waals surface area (Å²) in [5, 5.41) is 1.32. The molecule has 5 nitrogen and oxygen atoms in total. The van der Waals surface area contributed by atoms with E-state index >= 15 is 0 Å². The minimum Gasteiger partial charge on any atom is -0.333 e. The molecule has 1 aromatic carbocycles. The first-order chi connectivity index (χ1) is 14.0. The highest BCUT2D eigenvalue weighted by molar-refractivity contribution is 7.97. The Morgan fingerprint density at radius 2 is 1.86 bits per heavy atom. The van der Waals surface area contributed by atoms with Gasteiger partial charge in [0, 0.05) is 34.7 Å². The monoisotopic (exact) mass is 436 g/mol. The fourth-order valence-corrected chi connectivity index (χ4v) is 5.25. The van der Waals surface area contributed by atoms with E-state index in [1.807, 2.05) is 18.1 Å². The number of rotatable bonds is 5. The van der Waals surface area contributed by atoms with Crippen molar-refractivity contribution in [1.29, 1.82) is 0 Å². The van der Waals surface area contributed by atoms with Crippen LogP contribution in [0.1, 0.15) is 69.4 Å². The number of thiazole rings is 1. The third-order valence-electron chi connectivity index (χ3n) is 4.49. The normalized spacial score (nSPS) is 14.4. The summed E-state index contributed by atoms with van der Waals surface area (Å²) < 4.78 is 3.53. The molecule has 1 heterocycles. The van der Waals surface area contributed by atoms with Gasteiger partial charge in [-0.1, -0.05) is 31.4 Å². The smallest absolute Gasteiger partial charge is 0.106 e. The van der Waals surface area contributed by atoms with Crippen LogP contribution >= 0.6 is 23.3 Å². The highest BCUT2D eigenvalue weighted by Crippen LogP contribution is 2.40. The third-order valence-corrected chi connectivity index (χ3v) is 6.96. The summed E-state index contributed by atoms with van der Waals surface area (Å²) in [5.74, 6) is 0.666. The van der Waals surface area contributed by atoms with E-state index in [0.29, 0.717) is 12.5 Å². The molecule has 162 valence electrons. The SMILES string of the molecule is C=O.CC(C)(C)NSc1cc(CN)ccc1-c1cnc(C2CCCCC2)s1.CN. The minimum absolute atomic E-state index is 0.0572. The summed E-state index contributed by atoms with van der Waals surface area (Å²) in [4.78, 5) is 15.3. The zero-order valence-electron chi connectivity index (χ0n) is 18.2. The maximum absolute atomic E-state index is 8.00. The molecule has 0 atom stereocenters. The fraction of sp³-hybridized carbons (Fsp3) is 0.545. The van der Waals surface area contributed by atoms with Crippen molar-refractivity contribution in [2.45, 2.75) is 75.8 Å². The Bertz CT molecular complexity index is 722. The predicted octanol–water partition coefficient (Wildman–Crippen LogP) is 5.10. The van der Waals surface area contributed by atoms with Crippen LogP contribution < -0.4 is 16.2 Å². The number of aromatic nitrogens is 1. The Labute approximate surface area is 184 Å². The molecule has 0 amide bonds. The van der Waals surface area contributed by atoms with E-state index in [1.54, 1.807) is 11.9 Å². The predicted molar refractivity (Wildman–Crippen MR) is 127 cm³/mol. The molecule has 2 aromatic rings. The van der Waals surface area contributed by atoms with Crippen molar-refractivity contribution in [3.05, 3.63) is 35.0 Å². The molecule has 29 heavy (non-hydrogen) atoms. The van der Waals surface area contributed by atoms with Crippen LogP contribution in [0.3, 0.4) is 0 Å². The molecule has 1 aliphatic rings. The molecule has 1 saturated carbocycles. The van der Waals surface area contributed by atoms with E-state index in [-0.39, 0.29) is 5.54 Å². The molecule has 0 bridgehead atoms. The van der Waals surface area contributed by atoms with Gasteiger partial charge in [-0.3, -0.25) is 4.72 Å². The standard InChI is InChI=1S/C20H29N3S2.CH5N.CH2O/c1-20(2,3)23-25-17-11-14(12-21)9-10-16(17)18-13-22-19(24-18)15-7-5-4-6-8-15;2*1-2/h9-11,13,15,23H,4-8,12,21H2,1-3H3;2H2,1H3;1H2. The second-order valence-corrected chi connectivity index (χ2v) is 9.80. The topological polar surface area (TPSA) is 94.0 Å². The van der Waals surface area contributed by atoms with Gasteiger partial charge in [0.25, 0.3) is 0 Å². The van der Waals surface area contributed by atoms with Crippen LogP contribution in [0.4, 0.5) is 0 Å². The second kappa shape index (κ2) is 13.1. The first-order valence-corrected chi connectivity index (χ1v) is 11.7. The Morgan fingerprint density at radius 1 is 1.21 bits per heavy atom. The molecule has 0 radical (unpaired) electrons.